The number of nitrogens with zero attached hydrogens (tertiary/aromatic N) is 1. The molecule has 5 heteroatoms. The SMILES string of the molecule is CN(C)CC(C)(O)CNC(=O)CC(N)C(C)(C)C. The van der Waals surface area contributed by atoms with Gasteiger partial charge in [-0.3, -0.25) is 4.79 Å². The molecule has 0 bridgehead atoms. The van der Waals surface area contributed by atoms with Crippen molar-refractivity contribution in [3.05, 3.63) is 0 Å². The fourth-order valence-corrected chi connectivity index (χ4v) is 1.60. The summed E-state index contributed by atoms with van der Waals surface area (Å²) in [6.45, 7) is 8.46. The standard InChI is InChI=1S/C13H29N3O2/c1-12(2,3)10(14)7-11(17)15-8-13(4,18)9-16(5)6/h10,18H,7-9,14H2,1-6H3,(H,15,17). The number of nitrogens with two attached hydrogens (primary N) is 1. The van der Waals surface area contributed by atoms with Crippen LogP contribution in [0.15, 0.2) is 0 Å². The first kappa shape index (κ1) is 17.4. The van der Waals surface area contributed by atoms with Gasteiger partial charge in [-0.2, -0.15) is 0 Å². The molecule has 0 aliphatic heterocycles. The van der Waals surface area contributed by atoms with Crippen molar-refractivity contribution < 1.29 is 9.90 Å². The Labute approximate surface area is 111 Å². The number of hydrogen-bond donors (Lipinski definition) is 3. The molecule has 4 N–H and O–H groups in total. The number of nitrogens with one attached hydrogen (secondary N) is 1. The smallest absolute Gasteiger partial charge is 0.221 e. The van der Waals surface area contributed by atoms with Gasteiger partial charge in [0.1, 0.15) is 0 Å². The van der Waals surface area contributed by atoms with Crippen molar-refractivity contribution in [2.45, 2.75) is 45.8 Å². The van der Waals surface area contributed by atoms with Gasteiger partial charge in [-0.05, 0) is 26.4 Å². The van der Waals surface area contributed by atoms with Crippen molar-refractivity contribution >= 4 is 5.91 Å². The van der Waals surface area contributed by atoms with E-state index >= 15 is 0 Å². The van der Waals surface area contributed by atoms with Gasteiger partial charge in [-0.25, -0.2) is 0 Å². The fraction of sp³-hybridized carbons (Fsp3) is 0.923. The monoisotopic (exact) mass is 259 g/mol. The summed E-state index contributed by atoms with van der Waals surface area (Å²) in [5, 5.41) is 12.8. The van der Waals surface area contributed by atoms with E-state index in [2.05, 4.69) is 5.32 Å². The van der Waals surface area contributed by atoms with Crippen LogP contribution in [0.1, 0.15) is 34.1 Å². The van der Waals surface area contributed by atoms with Gasteiger partial charge in [0, 0.05) is 25.6 Å². The van der Waals surface area contributed by atoms with E-state index in [0.29, 0.717) is 6.54 Å². The van der Waals surface area contributed by atoms with Gasteiger partial charge in [-0.15, -0.1) is 0 Å². The molecule has 108 valence electrons. The molecule has 0 heterocycles. The van der Waals surface area contributed by atoms with E-state index in [1.165, 1.54) is 0 Å². The number of carbonyl (C=O) groups is 1. The first-order chi connectivity index (χ1) is 7.94. The molecule has 2 unspecified atom stereocenters. The first-order valence-corrected chi connectivity index (χ1v) is 6.33. The Hall–Kier alpha value is -0.650. The van der Waals surface area contributed by atoms with E-state index in [1.807, 2.05) is 39.8 Å². The highest BCUT2D eigenvalue weighted by Crippen LogP contribution is 2.19. The highest BCUT2D eigenvalue weighted by Gasteiger charge is 2.25. The van der Waals surface area contributed by atoms with Crippen LogP contribution in [0.2, 0.25) is 0 Å². The number of hydrogen-bond acceptors (Lipinski definition) is 4. The van der Waals surface area contributed by atoms with Crippen LogP contribution in [0, 0.1) is 5.41 Å². The van der Waals surface area contributed by atoms with Gasteiger partial charge in [0.25, 0.3) is 0 Å². The Morgan fingerprint density at radius 2 is 1.83 bits per heavy atom. The maximum absolute atomic E-state index is 11.7. The molecule has 0 rings (SSSR count). The lowest BCUT2D eigenvalue weighted by Gasteiger charge is -2.29. The number of amides is 1. The molecule has 5 nitrogen and oxygen atoms in total. The zero-order valence-corrected chi connectivity index (χ0v) is 12.6. The minimum Gasteiger partial charge on any atom is -0.387 e. The van der Waals surface area contributed by atoms with Crippen LogP contribution in [-0.2, 0) is 4.79 Å². The average Bonchev–Trinajstić information content (AvgIpc) is 2.11. The zero-order valence-electron chi connectivity index (χ0n) is 12.6. The molecule has 0 aromatic carbocycles. The van der Waals surface area contributed by atoms with E-state index in [-0.39, 0.29) is 30.3 Å². The Morgan fingerprint density at radius 3 is 2.22 bits per heavy atom. The van der Waals surface area contributed by atoms with Gasteiger partial charge in [0.2, 0.25) is 5.91 Å². The van der Waals surface area contributed by atoms with Gasteiger partial charge in [0.05, 0.1) is 5.60 Å². The van der Waals surface area contributed by atoms with E-state index in [4.69, 9.17) is 5.73 Å². The average molecular weight is 259 g/mol. The van der Waals surface area contributed by atoms with Gasteiger partial charge in [0.15, 0.2) is 0 Å². The number of rotatable bonds is 6. The Balaban J connectivity index is 4.12. The molecular weight excluding hydrogens is 230 g/mol. The van der Waals surface area contributed by atoms with E-state index in [0.717, 1.165) is 0 Å². The normalized spacial score (nSPS) is 17.4. The van der Waals surface area contributed by atoms with Crippen LogP contribution in [0.25, 0.3) is 0 Å². The summed E-state index contributed by atoms with van der Waals surface area (Å²) in [5.41, 5.74) is 4.92. The van der Waals surface area contributed by atoms with Crippen molar-refractivity contribution in [2.75, 3.05) is 27.2 Å². The summed E-state index contributed by atoms with van der Waals surface area (Å²) >= 11 is 0. The third-order valence-electron chi connectivity index (χ3n) is 2.84. The Morgan fingerprint density at radius 1 is 1.33 bits per heavy atom. The van der Waals surface area contributed by atoms with Gasteiger partial charge in [-0.1, -0.05) is 20.8 Å². The van der Waals surface area contributed by atoms with E-state index in [1.54, 1.807) is 6.92 Å². The van der Waals surface area contributed by atoms with Crippen molar-refractivity contribution in [1.29, 1.82) is 0 Å². The molecule has 0 saturated heterocycles. The molecule has 0 saturated carbocycles. The van der Waals surface area contributed by atoms with Crippen molar-refractivity contribution in [3.63, 3.8) is 0 Å². The van der Waals surface area contributed by atoms with Crippen molar-refractivity contribution in [3.8, 4) is 0 Å². The second kappa shape index (κ2) is 6.50. The third kappa shape index (κ3) is 7.63. The molecule has 0 aromatic heterocycles. The Kier molecular flexibility index (Phi) is 6.26. The highest BCUT2D eigenvalue weighted by atomic mass is 16.3. The maximum Gasteiger partial charge on any atom is 0.221 e. The molecule has 0 spiro atoms. The van der Waals surface area contributed by atoms with Crippen LogP contribution in [0.4, 0.5) is 0 Å². The second-order valence-electron chi connectivity index (χ2n) is 6.69. The topological polar surface area (TPSA) is 78.6 Å². The summed E-state index contributed by atoms with van der Waals surface area (Å²) in [6, 6.07) is -0.184. The molecule has 1 amide bonds. The quantitative estimate of drug-likeness (QED) is 0.636. The van der Waals surface area contributed by atoms with Crippen LogP contribution in [-0.4, -0.2) is 54.7 Å². The first-order valence-electron chi connectivity index (χ1n) is 6.33. The Bertz CT molecular complexity index is 270. The number of aliphatic hydroxyl groups is 1. The predicted octanol–water partition coefficient (Wildman–Crippen LogP) is 0.179. The molecular formula is C13H29N3O2. The molecule has 0 fully saturated rings. The van der Waals surface area contributed by atoms with Crippen molar-refractivity contribution in [2.24, 2.45) is 11.1 Å². The predicted molar refractivity (Wildman–Crippen MR) is 74.2 cm³/mol. The molecule has 0 aliphatic carbocycles. The van der Waals surface area contributed by atoms with E-state index < -0.39 is 5.60 Å². The van der Waals surface area contributed by atoms with E-state index in [9.17, 15) is 9.90 Å². The van der Waals surface area contributed by atoms with Gasteiger partial charge >= 0.3 is 0 Å². The molecule has 2 atom stereocenters. The fourth-order valence-electron chi connectivity index (χ4n) is 1.60. The molecule has 0 aliphatic rings. The van der Waals surface area contributed by atoms with Crippen molar-refractivity contribution in [1.82, 2.24) is 10.2 Å². The zero-order chi connectivity index (χ0) is 14.6. The van der Waals surface area contributed by atoms with Gasteiger partial charge < -0.3 is 21.1 Å². The summed E-state index contributed by atoms with van der Waals surface area (Å²) in [4.78, 5) is 13.6. The number of likely N-dealkylation sites (N-methyl/N-ethyl adjacent to an activating group) is 1. The largest absolute Gasteiger partial charge is 0.387 e. The molecule has 0 radical (unpaired) electrons. The lowest BCUT2D eigenvalue weighted by Crippen LogP contribution is -2.48. The van der Waals surface area contributed by atoms with Crippen LogP contribution in [0.5, 0.6) is 0 Å². The molecule has 0 aromatic rings. The van der Waals surface area contributed by atoms with Crippen LogP contribution >= 0.6 is 0 Å². The minimum atomic E-state index is -0.926. The second-order valence-corrected chi connectivity index (χ2v) is 6.69. The number of carbonyl (C=O) groups excluding carboxylic acids is 1. The lowest BCUT2D eigenvalue weighted by molar-refractivity contribution is -0.123. The third-order valence-corrected chi connectivity index (χ3v) is 2.84. The van der Waals surface area contributed by atoms with Crippen LogP contribution in [0.3, 0.4) is 0 Å². The minimum absolute atomic E-state index is 0.0938. The molecule has 18 heavy (non-hydrogen) atoms. The summed E-state index contributed by atoms with van der Waals surface area (Å²) in [7, 11) is 3.76. The highest BCUT2D eigenvalue weighted by molar-refractivity contribution is 5.76. The summed E-state index contributed by atoms with van der Waals surface area (Å²) < 4.78 is 0. The maximum atomic E-state index is 11.7. The summed E-state index contributed by atoms with van der Waals surface area (Å²) in [6.07, 6.45) is 0.279. The lowest BCUT2D eigenvalue weighted by atomic mass is 9.85. The van der Waals surface area contributed by atoms with Crippen LogP contribution < -0.4 is 11.1 Å². The summed E-state index contributed by atoms with van der Waals surface area (Å²) in [5.74, 6) is -0.114.